The largest absolute Gasteiger partial charge is 0.497 e. The van der Waals surface area contributed by atoms with Gasteiger partial charge in [-0.05, 0) is 61.4 Å². The first-order valence-electron chi connectivity index (χ1n) is 13.3. The van der Waals surface area contributed by atoms with Crippen LogP contribution in [0.4, 0.5) is 0 Å². The number of hydrogen-bond acceptors (Lipinski definition) is 8. The van der Waals surface area contributed by atoms with E-state index in [4.69, 9.17) is 24.0 Å². The Bertz CT molecular complexity index is 1480. The molecule has 0 spiro atoms. The number of benzene rings is 3. The molecule has 3 aromatic carbocycles. The van der Waals surface area contributed by atoms with Crippen LogP contribution in [0.25, 0.3) is 0 Å². The second-order valence-electron chi connectivity index (χ2n) is 10.4. The number of nitrogens with zero attached hydrogens (tertiary/aromatic N) is 2. The van der Waals surface area contributed by atoms with Gasteiger partial charge in [-0.1, -0.05) is 30.3 Å². The van der Waals surface area contributed by atoms with Crippen LogP contribution in [0.1, 0.15) is 71.8 Å². The van der Waals surface area contributed by atoms with Gasteiger partial charge < -0.3 is 19.5 Å². The highest BCUT2D eigenvalue weighted by atomic mass is 16.7. The van der Waals surface area contributed by atoms with Crippen molar-refractivity contribution in [3.05, 3.63) is 88.0 Å². The van der Waals surface area contributed by atoms with E-state index in [1.807, 2.05) is 38.1 Å². The van der Waals surface area contributed by atoms with Gasteiger partial charge in [0.05, 0.1) is 25.9 Å². The van der Waals surface area contributed by atoms with Crippen molar-refractivity contribution in [3.8, 4) is 23.3 Å². The maximum Gasteiger partial charge on any atom is 0.202 e. The van der Waals surface area contributed by atoms with Crippen molar-refractivity contribution in [2.75, 3.05) is 14.2 Å². The van der Waals surface area contributed by atoms with E-state index in [-0.39, 0.29) is 12.1 Å². The molecular formula is C31H32N4O4. The second kappa shape index (κ2) is 10.3. The summed E-state index contributed by atoms with van der Waals surface area (Å²) in [6.07, 6.45) is 0.603. The number of amidine groups is 1. The fourth-order valence-corrected chi connectivity index (χ4v) is 5.79. The summed E-state index contributed by atoms with van der Waals surface area (Å²) < 4.78 is 16.7. The molecule has 0 radical (unpaired) electrons. The molecule has 1 fully saturated rings. The first-order valence-corrected chi connectivity index (χ1v) is 13.3. The van der Waals surface area contributed by atoms with Crippen molar-refractivity contribution < 1.29 is 19.0 Å². The minimum atomic E-state index is -0.538. The highest BCUT2D eigenvalue weighted by molar-refractivity contribution is 6.01. The fourth-order valence-electron chi connectivity index (χ4n) is 5.79. The van der Waals surface area contributed by atoms with Gasteiger partial charge in [-0.3, -0.25) is 0 Å². The number of hydroxylamine groups is 1. The summed E-state index contributed by atoms with van der Waals surface area (Å²) in [6.45, 7) is 4.58. The van der Waals surface area contributed by atoms with Crippen molar-refractivity contribution >= 4 is 5.84 Å². The van der Waals surface area contributed by atoms with Crippen molar-refractivity contribution in [2.45, 2.75) is 51.1 Å². The molecule has 200 valence electrons. The van der Waals surface area contributed by atoms with Gasteiger partial charge in [-0.25, -0.2) is 15.3 Å². The van der Waals surface area contributed by atoms with Gasteiger partial charge in [0, 0.05) is 35.3 Å². The van der Waals surface area contributed by atoms with Crippen molar-refractivity contribution in [1.82, 2.24) is 10.8 Å². The fraction of sp³-hybridized carbons (Fsp3) is 0.355. The molecular weight excluding hydrogens is 492 g/mol. The molecule has 0 aromatic heterocycles. The zero-order valence-electron chi connectivity index (χ0n) is 22.5. The maximum atomic E-state index is 9.62. The molecule has 3 aromatic rings. The average Bonchev–Trinajstić information content (AvgIpc) is 3.45. The number of nitrogens with one attached hydrogen (secondary N) is 2. The predicted molar refractivity (Wildman–Crippen MR) is 147 cm³/mol. The Morgan fingerprint density at radius 3 is 2.74 bits per heavy atom. The van der Waals surface area contributed by atoms with Gasteiger partial charge in [-0.2, -0.15) is 5.26 Å². The third kappa shape index (κ3) is 4.69. The topological polar surface area (TPSA) is 97.1 Å². The molecule has 1 heterocycles. The van der Waals surface area contributed by atoms with Crippen LogP contribution in [0.3, 0.4) is 0 Å². The molecule has 1 saturated carbocycles. The molecule has 39 heavy (non-hydrogen) atoms. The molecule has 0 amide bonds. The molecule has 1 aliphatic heterocycles. The first kappa shape index (κ1) is 25.2. The number of aliphatic imine (C=N–C) groups is 1. The number of ether oxygens (including phenoxy) is 3. The lowest BCUT2D eigenvalue weighted by molar-refractivity contribution is 0.0376. The van der Waals surface area contributed by atoms with Gasteiger partial charge in [0.25, 0.3) is 0 Å². The number of rotatable bonds is 9. The van der Waals surface area contributed by atoms with E-state index in [1.54, 1.807) is 20.3 Å². The molecule has 2 aliphatic carbocycles. The SMILES string of the molecule is COc1ccc(CNC2c3cccc(C4=NC(c5ccc(OC(C)C)c(C#N)c5)ON4)c3C3CC32)c(OC)c1. The monoisotopic (exact) mass is 524 g/mol. The Labute approximate surface area is 228 Å². The number of nitriles is 1. The van der Waals surface area contributed by atoms with Gasteiger partial charge in [0.15, 0.2) is 5.84 Å². The van der Waals surface area contributed by atoms with Crippen LogP contribution in [0.15, 0.2) is 59.6 Å². The van der Waals surface area contributed by atoms with Crippen molar-refractivity contribution in [2.24, 2.45) is 10.9 Å². The average molecular weight is 525 g/mol. The standard InChI is InChI=1S/C31H32N4O4/c1-17(2)38-26-11-9-18(12-20(26)15-32)31-34-30(35-39-31)23-7-5-6-22-28(23)24-14-25(24)29(22)33-16-19-8-10-21(36-3)13-27(19)37-4/h5-13,17,24-25,29,31,33H,14,16H2,1-4H3,(H,34,35). The Morgan fingerprint density at radius 1 is 1.10 bits per heavy atom. The number of methoxy groups -OCH3 is 2. The summed E-state index contributed by atoms with van der Waals surface area (Å²) in [4.78, 5) is 10.7. The van der Waals surface area contributed by atoms with Crippen LogP contribution in [-0.2, 0) is 11.4 Å². The van der Waals surface area contributed by atoms with E-state index in [0.29, 0.717) is 29.7 Å². The van der Waals surface area contributed by atoms with Crippen molar-refractivity contribution in [1.29, 1.82) is 5.26 Å². The third-order valence-electron chi connectivity index (χ3n) is 7.66. The van der Waals surface area contributed by atoms with E-state index >= 15 is 0 Å². The van der Waals surface area contributed by atoms with Crippen LogP contribution in [0.5, 0.6) is 17.2 Å². The van der Waals surface area contributed by atoms with E-state index in [1.165, 1.54) is 11.1 Å². The summed E-state index contributed by atoms with van der Waals surface area (Å²) in [7, 11) is 3.34. The Kier molecular flexibility index (Phi) is 6.63. The Hall–Kier alpha value is -4.06. The highest BCUT2D eigenvalue weighted by Crippen LogP contribution is 2.62. The van der Waals surface area contributed by atoms with Gasteiger partial charge in [-0.15, -0.1) is 0 Å². The Morgan fingerprint density at radius 2 is 1.97 bits per heavy atom. The zero-order chi connectivity index (χ0) is 27.1. The lowest BCUT2D eigenvalue weighted by Gasteiger charge is -2.19. The third-order valence-corrected chi connectivity index (χ3v) is 7.66. The van der Waals surface area contributed by atoms with Gasteiger partial charge in [0.2, 0.25) is 6.23 Å². The summed E-state index contributed by atoms with van der Waals surface area (Å²) in [5.41, 5.74) is 9.16. The molecule has 0 saturated heterocycles. The van der Waals surface area contributed by atoms with Crippen LogP contribution in [0, 0.1) is 17.2 Å². The maximum absolute atomic E-state index is 9.62. The lowest BCUT2D eigenvalue weighted by atomic mass is 9.96. The predicted octanol–water partition coefficient (Wildman–Crippen LogP) is 5.29. The quantitative estimate of drug-likeness (QED) is 0.393. The van der Waals surface area contributed by atoms with Crippen LogP contribution in [-0.4, -0.2) is 26.2 Å². The lowest BCUT2D eigenvalue weighted by Crippen LogP contribution is -2.23. The van der Waals surface area contributed by atoms with E-state index < -0.39 is 6.23 Å². The summed E-state index contributed by atoms with van der Waals surface area (Å²) in [5.74, 6) is 3.96. The molecule has 0 bridgehead atoms. The minimum absolute atomic E-state index is 0.0139. The molecule has 3 aliphatic rings. The zero-order valence-corrected chi connectivity index (χ0v) is 22.5. The molecule has 2 N–H and O–H groups in total. The molecule has 4 unspecified atom stereocenters. The molecule has 6 rings (SSSR count). The number of hydrogen-bond donors (Lipinski definition) is 2. The van der Waals surface area contributed by atoms with Gasteiger partial charge >= 0.3 is 0 Å². The second-order valence-corrected chi connectivity index (χ2v) is 10.4. The molecule has 8 nitrogen and oxygen atoms in total. The summed E-state index contributed by atoms with van der Waals surface area (Å²) in [5, 5.41) is 13.4. The smallest absolute Gasteiger partial charge is 0.202 e. The van der Waals surface area contributed by atoms with Crippen LogP contribution >= 0.6 is 0 Å². The number of fused-ring (bicyclic) bond motifs is 3. The minimum Gasteiger partial charge on any atom is -0.497 e. The summed E-state index contributed by atoms with van der Waals surface area (Å²) in [6, 6.07) is 20.3. The Balaban J connectivity index is 1.23. The normalized spacial score (nSPS) is 22.4. The highest BCUT2D eigenvalue weighted by Gasteiger charge is 2.53. The van der Waals surface area contributed by atoms with E-state index in [2.05, 4.69) is 41.1 Å². The van der Waals surface area contributed by atoms with E-state index in [0.717, 1.165) is 40.4 Å². The van der Waals surface area contributed by atoms with Crippen LogP contribution < -0.4 is 25.0 Å². The summed E-state index contributed by atoms with van der Waals surface area (Å²) >= 11 is 0. The first-order chi connectivity index (χ1) is 19.0. The van der Waals surface area contributed by atoms with Crippen LogP contribution in [0.2, 0.25) is 0 Å². The van der Waals surface area contributed by atoms with Crippen molar-refractivity contribution in [3.63, 3.8) is 0 Å². The molecule has 4 atom stereocenters. The van der Waals surface area contributed by atoms with Gasteiger partial charge in [0.1, 0.15) is 23.3 Å². The van der Waals surface area contributed by atoms with E-state index in [9.17, 15) is 5.26 Å². The molecule has 8 heteroatoms.